The Balaban J connectivity index is 1.54. The first-order chi connectivity index (χ1) is 15.1. The number of unbranched alkanes of at least 4 members (excludes halogenated alkanes) is 3. The molecule has 1 fully saturated rings. The maximum absolute atomic E-state index is 12.6. The van der Waals surface area contributed by atoms with Gasteiger partial charge in [-0.2, -0.15) is 0 Å². The number of hydrogen-bond acceptors (Lipinski definition) is 2. The lowest BCUT2D eigenvalue weighted by molar-refractivity contribution is -0.140. The third-order valence-corrected chi connectivity index (χ3v) is 6.89. The van der Waals surface area contributed by atoms with Gasteiger partial charge in [0.1, 0.15) is 5.75 Å². The van der Waals surface area contributed by atoms with E-state index in [4.69, 9.17) is 4.74 Å². The Morgan fingerprint density at radius 2 is 1.61 bits per heavy atom. The molecule has 0 saturated heterocycles. The smallest absolute Gasteiger partial charge is 0.314 e. The van der Waals surface area contributed by atoms with Gasteiger partial charge in [-0.25, -0.2) is 0 Å². The quantitative estimate of drug-likeness (QED) is 0.219. The van der Waals surface area contributed by atoms with Gasteiger partial charge in [-0.15, -0.1) is 0 Å². The van der Waals surface area contributed by atoms with Crippen molar-refractivity contribution in [1.29, 1.82) is 0 Å². The number of aryl methyl sites for hydroxylation is 2. The second-order valence-electron chi connectivity index (χ2n) is 9.41. The first-order valence-corrected chi connectivity index (χ1v) is 12.5. The molecule has 2 nitrogen and oxygen atoms in total. The molecular formula is C29H40O2. The van der Waals surface area contributed by atoms with Crippen LogP contribution in [0.25, 0.3) is 11.1 Å². The average molecular weight is 421 g/mol. The maximum Gasteiger partial charge on any atom is 0.314 e. The van der Waals surface area contributed by atoms with Crippen LogP contribution < -0.4 is 4.74 Å². The first kappa shape index (κ1) is 23.6. The molecule has 2 aromatic rings. The predicted octanol–water partition coefficient (Wildman–Crippen LogP) is 8.30. The zero-order valence-corrected chi connectivity index (χ0v) is 19.8. The summed E-state index contributed by atoms with van der Waals surface area (Å²) in [6.45, 7) is 6.68. The van der Waals surface area contributed by atoms with Crippen molar-refractivity contribution in [2.75, 3.05) is 0 Å². The number of hydrogen-bond donors (Lipinski definition) is 0. The molecular weight excluding hydrogens is 380 g/mol. The Bertz CT molecular complexity index is 813. The SMILES string of the molecule is CCCCCc1ccc(-c2ccc(OC(=O)C3CCC(CCCC)CC3)cc2)c(C)c1. The molecule has 2 aromatic carbocycles. The minimum atomic E-state index is -0.0469. The number of carbonyl (C=O) groups is 1. The molecule has 0 spiro atoms. The summed E-state index contributed by atoms with van der Waals surface area (Å²) in [4.78, 5) is 12.6. The third kappa shape index (κ3) is 6.95. The van der Waals surface area contributed by atoms with Crippen LogP contribution in [0, 0.1) is 18.8 Å². The summed E-state index contributed by atoms with van der Waals surface area (Å²) in [5.74, 6) is 1.50. The average Bonchev–Trinajstić information content (AvgIpc) is 2.79. The number of ether oxygens (including phenoxy) is 1. The fourth-order valence-corrected chi connectivity index (χ4v) is 4.87. The van der Waals surface area contributed by atoms with Gasteiger partial charge in [0.05, 0.1) is 5.92 Å². The highest BCUT2D eigenvalue weighted by Crippen LogP contribution is 2.33. The van der Waals surface area contributed by atoms with Crippen molar-refractivity contribution in [2.45, 2.75) is 91.4 Å². The van der Waals surface area contributed by atoms with Crippen LogP contribution in [0.2, 0.25) is 0 Å². The predicted molar refractivity (Wildman–Crippen MR) is 130 cm³/mol. The minimum absolute atomic E-state index is 0.0469. The van der Waals surface area contributed by atoms with Crippen LogP contribution in [0.5, 0.6) is 5.75 Å². The lowest BCUT2D eigenvalue weighted by atomic mass is 9.80. The first-order valence-electron chi connectivity index (χ1n) is 12.5. The maximum atomic E-state index is 12.6. The Labute approximate surface area is 189 Å². The molecule has 3 rings (SSSR count). The highest BCUT2D eigenvalue weighted by Gasteiger charge is 2.27. The Kier molecular flexibility index (Phi) is 9.18. The summed E-state index contributed by atoms with van der Waals surface area (Å²) in [6.07, 6.45) is 13.2. The molecule has 0 unspecified atom stereocenters. The number of rotatable bonds is 10. The summed E-state index contributed by atoms with van der Waals surface area (Å²) in [6, 6.07) is 14.8. The van der Waals surface area contributed by atoms with E-state index in [1.807, 2.05) is 12.1 Å². The zero-order chi connectivity index (χ0) is 22.1. The highest BCUT2D eigenvalue weighted by atomic mass is 16.5. The monoisotopic (exact) mass is 420 g/mol. The van der Waals surface area contributed by atoms with Crippen molar-refractivity contribution in [2.24, 2.45) is 11.8 Å². The summed E-state index contributed by atoms with van der Waals surface area (Å²) < 4.78 is 5.73. The van der Waals surface area contributed by atoms with Crippen molar-refractivity contribution >= 4 is 5.97 Å². The molecule has 2 heteroatoms. The second-order valence-corrected chi connectivity index (χ2v) is 9.41. The summed E-state index contributed by atoms with van der Waals surface area (Å²) in [5, 5.41) is 0. The van der Waals surface area contributed by atoms with Crippen molar-refractivity contribution in [3.8, 4) is 16.9 Å². The van der Waals surface area contributed by atoms with E-state index in [9.17, 15) is 4.79 Å². The van der Waals surface area contributed by atoms with E-state index in [0.29, 0.717) is 5.75 Å². The van der Waals surface area contributed by atoms with E-state index in [-0.39, 0.29) is 11.9 Å². The third-order valence-electron chi connectivity index (χ3n) is 6.89. The lowest BCUT2D eigenvalue weighted by Gasteiger charge is -2.27. The molecule has 1 aliphatic rings. The second kappa shape index (κ2) is 12.1. The molecule has 0 bridgehead atoms. The van der Waals surface area contributed by atoms with E-state index in [1.54, 1.807) is 0 Å². The van der Waals surface area contributed by atoms with E-state index in [1.165, 1.54) is 73.6 Å². The van der Waals surface area contributed by atoms with Crippen molar-refractivity contribution in [1.82, 2.24) is 0 Å². The Morgan fingerprint density at radius 3 is 2.26 bits per heavy atom. The largest absolute Gasteiger partial charge is 0.426 e. The van der Waals surface area contributed by atoms with Gasteiger partial charge in [-0.05, 0) is 85.8 Å². The number of benzene rings is 2. The highest BCUT2D eigenvalue weighted by molar-refractivity contribution is 5.76. The normalized spacial score (nSPS) is 18.7. The molecule has 168 valence electrons. The Morgan fingerprint density at radius 1 is 0.903 bits per heavy atom. The van der Waals surface area contributed by atoms with Crippen molar-refractivity contribution < 1.29 is 9.53 Å². The van der Waals surface area contributed by atoms with E-state index < -0.39 is 0 Å². The molecule has 0 amide bonds. The van der Waals surface area contributed by atoms with Gasteiger partial charge in [0, 0.05) is 0 Å². The van der Waals surface area contributed by atoms with Crippen molar-refractivity contribution in [3.05, 3.63) is 53.6 Å². The van der Waals surface area contributed by atoms with Crippen LogP contribution in [0.15, 0.2) is 42.5 Å². The summed E-state index contributed by atoms with van der Waals surface area (Å²) in [5.41, 5.74) is 5.15. The van der Waals surface area contributed by atoms with Crippen molar-refractivity contribution in [3.63, 3.8) is 0 Å². The Hall–Kier alpha value is -2.09. The zero-order valence-electron chi connectivity index (χ0n) is 19.8. The molecule has 0 atom stereocenters. The minimum Gasteiger partial charge on any atom is -0.426 e. The van der Waals surface area contributed by atoms with Crippen LogP contribution >= 0.6 is 0 Å². The fourth-order valence-electron chi connectivity index (χ4n) is 4.87. The van der Waals surface area contributed by atoms with Crippen LogP contribution in [0.3, 0.4) is 0 Å². The van der Waals surface area contributed by atoms with Crippen LogP contribution in [0.4, 0.5) is 0 Å². The molecule has 1 saturated carbocycles. The van der Waals surface area contributed by atoms with Crippen LogP contribution in [-0.4, -0.2) is 5.97 Å². The molecule has 1 aliphatic carbocycles. The number of carbonyl (C=O) groups excluding carboxylic acids is 1. The summed E-state index contributed by atoms with van der Waals surface area (Å²) in [7, 11) is 0. The van der Waals surface area contributed by atoms with Gasteiger partial charge in [0.25, 0.3) is 0 Å². The van der Waals surface area contributed by atoms with Crippen LogP contribution in [-0.2, 0) is 11.2 Å². The van der Waals surface area contributed by atoms with E-state index >= 15 is 0 Å². The van der Waals surface area contributed by atoms with E-state index in [0.717, 1.165) is 25.2 Å². The van der Waals surface area contributed by atoms with Gasteiger partial charge in [0.2, 0.25) is 0 Å². The standard InChI is InChI=1S/C29H40O2/c1-4-6-8-10-24-13-20-28(22(3)21-24)25-16-18-27(19-17-25)31-29(30)26-14-11-23(12-15-26)9-7-5-2/h13,16-21,23,26H,4-12,14-15H2,1-3H3. The topological polar surface area (TPSA) is 26.3 Å². The molecule has 0 N–H and O–H groups in total. The lowest BCUT2D eigenvalue weighted by Crippen LogP contribution is -2.25. The molecule has 0 heterocycles. The number of esters is 1. The van der Waals surface area contributed by atoms with E-state index in [2.05, 4.69) is 51.1 Å². The van der Waals surface area contributed by atoms with Gasteiger partial charge in [-0.3, -0.25) is 4.79 Å². The molecule has 31 heavy (non-hydrogen) atoms. The molecule has 0 aliphatic heterocycles. The van der Waals surface area contributed by atoms with Gasteiger partial charge in [-0.1, -0.05) is 76.3 Å². The van der Waals surface area contributed by atoms with Gasteiger partial charge < -0.3 is 4.74 Å². The summed E-state index contributed by atoms with van der Waals surface area (Å²) >= 11 is 0. The molecule has 0 radical (unpaired) electrons. The fraction of sp³-hybridized carbons (Fsp3) is 0.552. The molecule has 0 aromatic heterocycles. The van der Waals surface area contributed by atoms with Gasteiger partial charge in [0.15, 0.2) is 0 Å². The van der Waals surface area contributed by atoms with Crippen LogP contribution in [0.1, 0.15) is 89.2 Å². The van der Waals surface area contributed by atoms with Gasteiger partial charge >= 0.3 is 5.97 Å².